The Bertz CT molecular complexity index is 574. The van der Waals surface area contributed by atoms with Gasteiger partial charge in [-0.3, -0.25) is 19.3 Å². The van der Waals surface area contributed by atoms with E-state index in [9.17, 15) is 19.5 Å². The van der Waals surface area contributed by atoms with Crippen molar-refractivity contribution in [1.82, 2.24) is 4.90 Å². The zero-order valence-corrected chi connectivity index (χ0v) is 12.3. The van der Waals surface area contributed by atoms with Gasteiger partial charge < -0.3 is 5.11 Å². The number of hydrogen-bond donors (Lipinski definition) is 1. The highest BCUT2D eigenvalue weighted by Crippen LogP contribution is 2.42. The molecule has 1 aromatic carbocycles. The molecule has 2 fully saturated rings. The number of rotatable bonds is 4. The number of nitrogens with zero attached hydrogens (tertiary/aromatic N) is 1. The maximum Gasteiger partial charge on any atom is 0.305 e. The Balaban J connectivity index is 1.95. The van der Waals surface area contributed by atoms with Crippen molar-refractivity contribution in [2.24, 2.45) is 11.8 Å². The minimum atomic E-state index is -1.01. The van der Waals surface area contributed by atoms with E-state index in [0.717, 1.165) is 25.7 Å². The molecule has 0 aromatic heterocycles. The average Bonchev–Trinajstić information content (AvgIpc) is 2.78. The summed E-state index contributed by atoms with van der Waals surface area (Å²) in [5, 5.41) is 9.19. The molecule has 3 rings (SSSR count). The lowest BCUT2D eigenvalue weighted by Gasteiger charge is -2.26. The smallest absolute Gasteiger partial charge is 0.305 e. The van der Waals surface area contributed by atoms with Crippen molar-refractivity contribution in [3.8, 4) is 0 Å². The number of carboxylic acids is 1. The number of fused-ring (bicyclic) bond motifs is 1. The first-order valence-corrected chi connectivity index (χ1v) is 7.73. The third-order valence-corrected chi connectivity index (χ3v) is 4.74. The Kier molecular flexibility index (Phi) is 3.96. The SMILES string of the molecule is O=C(O)CC(c1ccccc1)N1C(=O)[C@H]2CCCC[C@H]2C1=O. The van der Waals surface area contributed by atoms with E-state index >= 15 is 0 Å². The van der Waals surface area contributed by atoms with E-state index in [0.29, 0.717) is 5.56 Å². The van der Waals surface area contributed by atoms with Crippen LogP contribution in [0.2, 0.25) is 0 Å². The first kappa shape index (κ1) is 14.8. The lowest BCUT2D eigenvalue weighted by Crippen LogP contribution is -2.36. The molecule has 1 saturated heterocycles. The van der Waals surface area contributed by atoms with Gasteiger partial charge in [-0.1, -0.05) is 43.2 Å². The van der Waals surface area contributed by atoms with Gasteiger partial charge in [0.05, 0.1) is 24.3 Å². The molecular weight excluding hydrogens is 282 g/mol. The summed E-state index contributed by atoms with van der Waals surface area (Å²) in [6, 6.07) is 8.26. The molecule has 116 valence electrons. The van der Waals surface area contributed by atoms with E-state index in [1.165, 1.54) is 4.90 Å². The molecule has 0 bridgehead atoms. The molecule has 1 saturated carbocycles. The summed E-state index contributed by atoms with van der Waals surface area (Å²) in [6.45, 7) is 0. The minimum absolute atomic E-state index is 0.190. The molecule has 1 aliphatic carbocycles. The second-order valence-electron chi connectivity index (χ2n) is 6.07. The van der Waals surface area contributed by atoms with Gasteiger partial charge in [-0.05, 0) is 18.4 Å². The number of amides is 2. The van der Waals surface area contributed by atoms with Gasteiger partial charge in [-0.2, -0.15) is 0 Å². The molecule has 22 heavy (non-hydrogen) atoms. The van der Waals surface area contributed by atoms with Crippen molar-refractivity contribution in [1.29, 1.82) is 0 Å². The molecule has 1 unspecified atom stereocenters. The Morgan fingerprint density at radius 1 is 1.09 bits per heavy atom. The summed E-state index contributed by atoms with van der Waals surface area (Å²) >= 11 is 0. The summed E-state index contributed by atoms with van der Waals surface area (Å²) in [5.41, 5.74) is 0.699. The van der Waals surface area contributed by atoms with Crippen LogP contribution in [0.3, 0.4) is 0 Å². The van der Waals surface area contributed by atoms with Crippen LogP contribution in [0.25, 0.3) is 0 Å². The predicted octanol–water partition coefficient (Wildman–Crippen LogP) is 2.38. The van der Waals surface area contributed by atoms with Gasteiger partial charge in [0.1, 0.15) is 0 Å². The molecule has 1 aliphatic heterocycles. The van der Waals surface area contributed by atoms with Crippen molar-refractivity contribution in [2.45, 2.75) is 38.1 Å². The maximum atomic E-state index is 12.7. The first-order valence-electron chi connectivity index (χ1n) is 7.73. The van der Waals surface area contributed by atoms with Crippen LogP contribution in [-0.4, -0.2) is 27.8 Å². The standard InChI is InChI=1S/C17H19NO4/c19-15(20)10-14(11-6-2-1-3-7-11)18-16(21)12-8-4-5-9-13(12)17(18)22/h1-3,6-7,12-14H,4-5,8-10H2,(H,19,20)/t12-,13+,14?. The van der Waals surface area contributed by atoms with E-state index in [2.05, 4.69) is 0 Å². The summed E-state index contributed by atoms with van der Waals surface area (Å²) in [7, 11) is 0. The molecule has 1 heterocycles. The fourth-order valence-electron chi connectivity index (χ4n) is 3.69. The Morgan fingerprint density at radius 3 is 2.14 bits per heavy atom. The van der Waals surface area contributed by atoms with Gasteiger partial charge in [0, 0.05) is 0 Å². The highest BCUT2D eigenvalue weighted by molar-refractivity contribution is 6.05. The Morgan fingerprint density at radius 2 is 1.64 bits per heavy atom. The molecule has 0 spiro atoms. The van der Waals surface area contributed by atoms with Crippen molar-refractivity contribution in [2.75, 3.05) is 0 Å². The number of aliphatic carboxylic acids is 1. The molecule has 1 N–H and O–H groups in total. The van der Waals surface area contributed by atoms with Crippen LogP contribution >= 0.6 is 0 Å². The van der Waals surface area contributed by atoms with Crippen LogP contribution in [0.4, 0.5) is 0 Å². The van der Waals surface area contributed by atoms with Crippen LogP contribution in [0, 0.1) is 11.8 Å². The van der Waals surface area contributed by atoms with E-state index in [1.807, 2.05) is 6.07 Å². The fourth-order valence-corrected chi connectivity index (χ4v) is 3.69. The van der Waals surface area contributed by atoms with E-state index < -0.39 is 12.0 Å². The van der Waals surface area contributed by atoms with Crippen molar-refractivity contribution in [3.05, 3.63) is 35.9 Å². The average molecular weight is 301 g/mol. The number of carbonyl (C=O) groups is 3. The summed E-state index contributed by atoms with van der Waals surface area (Å²) in [5.74, 6) is -1.89. The second-order valence-corrected chi connectivity index (χ2v) is 6.07. The van der Waals surface area contributed by atoms with Crippen LogP contribution in [0.1, 0.15) is 43.7 Å². The third kappa shape index (κ3) is 2.51. The molecular formula is C17H19NO4. The van der Waals surface area contributed by atoms with E-state index in [-0.39, 0.29) is 30.1 Å². The van der Waals surface area contributed by atoms with Crippen LogP contribution < -0.4 is 0 Å². The summed E-state index contributed by atoms with van der Waals surface area (Å²) < 4.78 is 0. The quantitative estimate of drug-likeness (QED) is 0.866. The largest absolute Gasteiger partial charge is 0.481 e. The molecule has 2 aliphatic rings. The Hall–Kier alpha value is -2.17. The van der Waals surface area contributed by atoms with E-state index in [1.54, 1.807) is 24.3 Å². The predicted molar refractivity (Wildman–Crippen MR) is 78.7 cm³/mol. The van der Waals surface area contributed by atoms with Gasteiger partial charge in [-0.15, -0.1) is 0 Å². The van der Waals surface area contributed by atoms with Crippen molar-refractivity contribution < 1.29 is 19.5 Å². The zero-order chi connectivity index (χ0) is 15.7. The topological polar surface area (TPSA) is 74.7 Å². The van der Waals surface area contributed by atoms with Gasteiger partial charge in [0.15, 0.2) is 0 Å². The van der Waals surface area contributed by atoms with Gasteiger partial charge >= 0.3 is 5.97 Å². The number of carboxylic acid groups (broad SMARTS) is 1. The highest BCUT2D eigenvalue weighted by atomic mass is 16.4. The number of carbonyl (C=O) groups excluding carboxylic acids is 2. The number of hydrogen-bond acceptors (Lipinski definition) is 3. The van der Waals surface area contributed by atoms with Crippen LogP contribution in [-0.2, 0) is 14.4 Å². The Labute approximate surface area is 128 Å². The summed E-state index contributed by atoms with van der Waals surface area (Å²) in [6.07, 6.45) is 3.15. The normalized spacial score (nSPS) is 25.9. The highest BCUT2D eigenvalue weighted by Gasteiger charge is 2.50. The lowest BCUT2D eigenvalue weighted by atomic mass is 9.81. The maximum absolute atomic E-state index is 12.7. The second kappa shape index (κ2) is 5.91. The molecule has 5 nitrogen and oxygen atoms in total. The van der Waals surface area contributed by atoms with Crippen LogP contribution in [0.15, 0.2) is 30.3 Å². The molecule has 5 heteroatoms. The third-order valence-electron chi connectivity index (χ3n) is 4.74. The fraction of sp³-hybridized carbons (Fsp3) is 0.471. The molecule has 2 amide bonds. The number of benzene rings is 1. The zero-order valence-electron chi connectivity index (χ0n) is 12.3. The molecule has 1 aromatic rings. The van der Waals surface area contributed by atoms with Crippen molar-refractivity contribution >= 4 is 17.8 Å². The van der Waals surface area contributed by atoms with Crippen molar-refractivity contribution in [3.63, 3.8) is 0 Å². The molecule has 0 radical (unpaired) electrons. The number of imide groups is 1. The number of likely N-dealkylation sites (tertiary alicyclic amines) is 1. The lowest BCUT2D eigenvalue weighted by molar-refractivity contribution is -0.145. The minimum Gasteiger partial charge on any atom is -0.481 e. The summed E-state index contributed by atoms with van der Waals surface area (Å²) in [4.78, 5) is 37.8. The monoisotopic (exact) mass is 301 g/mol. The van der Waals surface area contributed by atoms with Gasteiger partial charge in [0.25, 0.3) is 0 Å². The van der Waals surface area contributed by atoms with E-state index in [4.69, 9.17) is 0 Å². The van der Waals surface area contributed by atoms with Gasteiger partial charge in [-0.25, -0.2) is 0 Å². The van der Waals surface area contributed by atoms with Gasteiger partial charge in [0.2, 0.25) is 11.8 Å². The molecule has 3 atom stereocenters. The van der Waals surface area contributed by atoms with Crippen LogP contribution in [0.5, 0.6) is 0 Å². The first-order chi connectivity index (χ1) is 10.6.